The van der Waals surface area contributed by atoms with Crippen LogP contribution in [-0.4, -0.2) is 28.0 Å². The highest BCUT2D eigenvalue weighted by molar-refractivity contribution is 7.16. The van der Waals surface area contributed by atoms with E-state index in [9.17, 15) is 0 Å². The Morgan fingerprint density at radius 3 is 2.88 bits per heavy atom. The summed E-state index contributed by atoms with van der Waals surface area (Å²) >= 11 is 7.70. The number of nitrogens with zero attached hydrogens (tertiary/aromatic N) is 3. The van der Waals surface area contributed by atoms with Crippen LogP contribution in [0.2, 0.25) is 5.15 Å². The van der Waals surface area contributed by atoms with Gasteiger partial charge in [-0.3, -0.25) is 4.90 Å². The van der Waals surface area contributed by atoms with E-state index in [-0.39, 0.29) is 0 Å². The Morgan fingerprint density at radius 1 is 1.44 bits per heavy atom. The van der Waals surface area contributed by atoms with E-state index in [1.165, 1.54) is 0 Å². The van der Waals surface area contributed by atoms with Gasteiger partial charge in [-0.15, -0.1) is 11.3 Å². The average molecular weight is 256 g/mol. The SMILES string of the molecule is CC(C)N(C)Cc1nc(Cl)c2ccsc2n1. The summed E-state index contributed by atoms with van der Waals surface area (Å²) in [6.07, 6.45) is 0. The van der Waals surface area contributed by atoms with E-state index in [1.807, 2.05) is 11.4 Å². The fourth-order valence-electron chi connectivity index (χ4n) is 1.34. The van der Waals surface area contributed by atoms with Crippen molar-refractivity contribution in [2.75, 3.05) is 7.05 Å². The minimum absolute atomic E-state index is 0.474. The molecule has 86 valence electrons. The lowest BCUT2D eigenvalue weighted by Gasteiger charge is -2.19. The first kappa shape index (κ1) is 11.8. The molecule has 0 fully saturated rings. The summed E-state index contributed by atoms with van der Waals surface area (Å²) in [6.45, 7) is 5.02. The molecule has 0 spiro atoms. The average Bonchev–Trinajstić information content (AvgIpc) is 2.65. The molecular formula is C11H14ClN3S. The van der Waals surface area contributed by atoms with Crippen molar-refractivity contribution >= 4 is 33.2 Å². The maximum absolute atomic E-state index is 6.10. The molecule has 0 unspecified atom stereocenters. The van der Waals surface area contributed by atoms with Crippen molar-refractivity contribution in [3.05, 3.63) is 22.4 Å². The molecule has 0 amide bonds. The maximum Gasteiger partial charge on any atom is 0.145 e. The Bertz CT molecular complexity index is 495. The van der Waals surface area contributed by atoms with E-state index in [0.29, 0.717) is 11.2 Å². The Kier molecular flexibility index (Phi) is 3.42. The van der Waals surface area contributed by atoms with Crippen LogP contribution in [0.1, 0.15) is 19.7 Å². The third-order valence-electron chi connectivity index (χ3n) is 2.60. The number of aromatic nitrogens is 2. The minimum atomic E-state index is 0.474. The lowest BCUT2D eigenvalue weighted by atomic mass is 10.3. The van der Waals surface area contributed by atoms with Gasteiger partial charge in [-0.25, -0.2) is 9.97 Å². The van der Waals surface area contributed by atoms with Crippen LogP contribution in [0, 0.1) is 0 Å². The zero-order valence-electron chi connectivity index (χ0n) is 9.57. The zero-order valence-corrected chi connectivity index (χ0v) is 11.1. The lowest BCUT2D eigenvalue weighted by molar-refractivity contribution is 0.259. The normalized spacial score (nSPS) is 11.9. The van der Waals surface area contributed by atoms with Gasteiger partial charge in [-0.1, -0.05) is 11.6 Å². The van der Waals surface area contributed by atoms with Crippen LogP contribution in [0.15, 0.2) is 11.4 Å². The summed E-state index contributed by atoms with van der Waals surface area (Å²) in [7, 11) is 2.06. The summed E-state index contributed by atoms with van der Waals surface area (Å²) in [6, 6.07) is 2.43. The van der Waals surface area contributed by atoms with Gasteiger partial charge in [0.2, 0.25) is 0 Å². The molecule has 0 aliphatic carbocycles. The highest BCUT2D eigenvalue weighted by Crippen LogP contribution is 2.24. The van der Waals surface area contributed by atoms with Crippen LogP contribution in [0.3, 0.4) is 0 Å². The summed E-state index contributed by atoms with van der Waals surface area (Å²) in [5, 5.41) is 3.49. The predicted molar refractivity (Wildman–Crippen MR) is 69.0 cm³/mol. The molecule has 0 aliphatic heterocycles. The van der Waals surface area contributed by atoms with Crippen molar-refractivity contribution < 1.29 is 0 Å². The fourth-order valence-corrected chi connectivity index (χ4v) is 2.43. The van der Waals surface area contributed by atoms with E-state index in [1.54, 1.807) is 11.3 Å². The Balaban J connectivity index is 2.31. The number of hydrogen-bond acceptors (Lipinski definition) is 4. The number of thiophene rings is 1. The summed E-state index contributed by atoms with van der Waals surface area (Å²) in [5.41, 5.74) is 0. The van der Waals surface area contributed by atoms with Gasteiger partial charge >= 0.3 is 0 Å². The van der Waals surface area contributed by atoms with Crippen LogP contribution < -0.4 is 0 Å². The number of rotatable bonds is 3. The quantitative estimate of drug-likeness (QED) is 0.789. The second-order valence-electron chi connectivity index (χ2n) is 4.08. The smallest absolute Gasteiger partial charge is 0.145 e. The monoisotopic (exact) mass is 255 g/mol. The molecule has 0 aromatic carbocycles. The van der Waals surface area contributed by atoms with Crippen molar-refractivity contribution in [1.82, 2.24) is 14.9 Å². The third-order valence-corrected chi connectivity index (χ3v) is 3.69. The molecule has 16 heavy (non-hydrogen) atoms. The molecule has 2 aromatic heterocycles. The molecule has 2 rings (SSSR count). The zero-order chi connectivity index (χ0) is 11.7. The van der Waals surface area contributed by atoms with Crippen molar-refractivity contribution in [1.29, 1.82) is 0 Å². The molecule has 2 aromatic rings. The Hall–Kier alpha value is -0.710. The van der Waals surface area contributed by atoms with Crippen LogP contribution in [0.5, 0.6) is 0 Å². The molecule has 0 saturated carbocycles. The van der Waals surface area contributed by atoms with Crippen molar-refractivity contribution in [3.8, 4) is 0 Å². The summed E-state index contributed by atoms with van der Waals surface area (Å²) in [4.78, 5) is 12.0. The minimum Gasteiger partial charge on any atom is -0.297 e. The highest BCUT2D eigenvalue weighted by Gasteiger charge is 2.10. The number of hydrogen-bond donors (Lipinski definition) is 0. The molecule has 0 atom stereocenters. The fraction of sp³-hybridized carbons (Fsp3) is 0.455. The maximum atomic E-state index is 6.10. The van der Waals surface area contributed by atoms with E-state index >= 15 is 0 Å². The molecule has 0 radical (unpaired) electrons. The van der Waals surface area contributed by atoms with Crippen molar-refractivity contribution in [2.45, 2.75) is 26.4 Å². The first-order chi connectivity index (χ1) is 7.58. The van der Waals surface area contributed by atoms with Crippen LogP contribution >= 0.6 is 22.9 Å². The first-order valence-electron chi connectivity index (χ1n) is 5.18. The van der Waals surface area contributed by atoms with Crippen LogP contribution in [-0.2, 0) is 6.54 Å². The van der Waals surface area contributed by atoms with Gasteiger partial charge in [-0.2, -0.15) is 0 Å². The van der Waals surface area contributed by atoms with Crippen molar-refractivity contribution in [2.24, 2.45) is 0 Å². The second-order valence-corrected chi connectivity index (χ2v) is 5.33. The summed E-state index contributed by atoms with van der Waals surface area (Å²) in [5.74, 6) is 0.788. The van der Waals surface area contributed by atoms with Crippen molar-refractivity contribution in [3.63, 3.8) is 0 Å². The van der Waals surface area contributed by atoms with Gasteiger partial charge in [0.15, 0.2) is 0 Å². The summed E-state index contributed by atoms with van der Waals surface area (Å²) < 4.78 is 0. The standard InChI is InChI=1S/C11H14ClN3S/c1-7(2)15(3)6-9-13-10(12)8-4-5-16-11(8)14-9/h4-5,7H,6H2,1-3H3. The molecule has 3 nitrogen and oxygen atoms in total. The molecule has 0 bridgehead atoms. The number of halogens is 1. The van der Waals surface area contributed by atoms with Gasteiger partial charge in [0, 0.05) is 11.4 Å². The van der Waals surface area contributed by atoms with Crippen LogP contribution in [0.4, 0.5) is 0 Å². The third kappa shape index (κ3) is 2.34. The second kappa shape index (κ2) is 4.65. The van der Waals surface area contributed by atoms with Gasteiger partial charge < -0.3 is 0 Å². The van der Waals surface area contributed by atoms with E-state index in [4.69, 9.17) is 11.6 Å². The lowest BCUT2D eigenvalue weighted by Crippen LogP contribution is -2.26. The van der Waals surface area contributed by atoms with E-state index < -0.39 is 0 Å². The Morgan fingerprint density at radius 2 is 2.19 bits per heavy atom. The van der Waals surface area contributed by atoms with Gasteiger partial charge in [-0.05, 0) is 32.3 Å². The Labute approximate surface area is 104 Å². The van der Waals surface area contributed by atoms with E-state index in [0.717, 1.165) is 22.6 Å². The molecule has 5 heteroatoms. The molecule has 2 heterocycles. The predicted octanol–water partition coefficient (Wildman–Crippen LogP) is 3.18. The van der Waals surface area contributed by atoms with Gasteiger partial charge in [0.1, 0.15) is 15.8 Å². The first-order valence-corrected chi connectivity index (χ1v) is 6.43. The largest absolute Gasteiger partial charge is 0.297 e. The van der Waals surface area contributed by atoms with E-state index in [2.05, 4.69) is 35.8 Å². The van der Waals surface area contributed by atoms with Gasteiger partial charge in [0.05, 0.1) is 6.54 Å². The molecular weight excluding hydrogens is 242 g/mol. The molecule has 0 aliphatic rings. The van der Waals surface area contributed by atoms with Gasteiger partial charge in [0.25, 0.3) is 0 Å². The molecule has 0 saturated heterocycles. The number of fused-ring (bicyclic) bond motifs is 1. The topological polar surface area (TPSA) is 29.0 Å². The van der Waals surface area contributed by atoms with Crippen LogP contribution in [0.25, 0.3) is 10.2 Å². The molecule has 0 N–H and O–H groups in total. The highest BCUT2D eigenvalue weighted by atomic mass is 35.5.